The molecule has 1 heterocycles. The number of aryl methyl sites for hydroxylation is 1. The van der Waals surface area contributed by atoms with Crippen LogP contribution in [0.5, 0.6) is 5.75 Å². The number of rotatable bonds is 3. The van der Waals surface area contributed by atoms with Gasteiger partial charge in [0, 0.05) is 17.5 Å². The first-order valence-electron chi connectivity index (χ1n) is 7.35. The van der Waals surface area contributed by atoms with Gasteiger partial charge in [0.25, 0.3) is 0 Å². The molecular formula is C18H20FNO. The molecule has 21 heavy (non-hydrogen) atoms. The molecule has 1 aliphatic rings. The first kappa shape index (κ1) is 14.1. The quantitative estimate of drug-likeness (QED) is 0.921. The molecular weight excluding hydrogens is 265 g/mol. The van der Waals surface area contributed by atoms with Crippen LogP contribution in [0.15, 0.2) is 42.5 Å². The zero-order valence-electron chi connectivity index (χ0n) is 12.4. The van der Waals surface area contributed by atoms with E-state index in [0.29, 0.717) is 6.61 Å². The molecule has 2 unspecified atom stereocenters. The lowest BCUT2D eigenvalue weighted by atomic mass is 9.82. The summed E-state index contributed by atoms with van der Waals surface area (Å²) in [7, 11) is 1.89. The molecule has 0 saturated carbocycles. The topological polar surface area (TPSA) is 21.3 Å². The Morgan fingerprint density at radius 2 is 2.05 bits per heavy atom. The van der Waals surface area contributed by atoms with Crippen molar-refractivity contribution in [3.05, 3.63) is 65.0 Å². The normalized spacial score (nSPS) is 18.7. The van der Waals surface area contributed by atoms with Gasteiger partial charge in [-0.2, -0.15) is 0 Å². The zero-order chi connectivity index (χ0) is 14.8. The lowest BCUT2D eigenvalue weighted by molar-refractivity contribution is 0.247. The summed E-state index contributed by atoms with van der Waals surface area (Å²) in [6.45, 7) is 2.67. The summed E-state index contributed by atoms with van der Waals surface area (Å²) >= 11 is 0. The van der Waals surface area contributed by atoms with E-state index >= 15 is 0 Å². The van der Waals surface area contributed by atoms with E-state index in [1.54, 1.807) is 6.07 Å². The molecule has 2 nitrogen and oxygen atoms in total. The highest BCUT2D eigenvalue weighted by atomic mass is 19.1. The van der Waals surface area contributed by atoms with Gasteiger partial charge in [-0.1, -0.05) is 35.9 Å². The highest BCUT2D eigenvalue weighted by Gasteiger charge is 2.30. The number of benzene rings is 2. The van der Waals surface area contributed by atoms with Crippen molar-refractivity contribution in [2.24, 2.45) is 0 Å². The molecule has 3 rings (SSSR count). The molecule has 0 saturated heterocycles. The van der Waals surface area contributed by atoms with Crippen molar-refractivity contribution < 1.29 is 9.13 Å². The van der Waals surface area contributed by atoms with Crippen LogP contribution in [0, 0.1) is 12.7 Å². The number of halogens is 1. The minimum Gasteiger partial charge on any atom is -0.493 e. The fourth-order valence-corrected chi connectivity index (χ4v) is 3.19. The van der Waals surface area contributed by atoms with E-state index in [9.17, 15) is 4.39 Å². The van der Waals surface area contributed by atoms with Crippen LogP contribution in [0.4, 0.5) is 4.39 Å². The predicted octanol–water partition coefficient (Wildman–Crippen LogP) is 3.96. The zero-order valence-corrected chi connectivity index (χ0v) is 12.4. The van der Waals surface area contributed by atoms with E-state index < -0.39 is 0 Å². The van der Waals surface area contributed by atoms with Crippen molar-refractivity contribution in [2.75, 3.05) is 13.7 Å². The molecule has 0 bridgehead atoms. The first-order chi connectivity index (χ1) is 10.2. The van der Waals surface area contributed by atoms with Crippen LogP contribution < -0.4 is 10.1 Å². The summed E-state index contributed by atoms with van der Waals surface area (Å²) in [5, 5.41) is 3.30. The second kappa shape index (κ2) is 5.86. The predicted molar refractivity (Wildman–Crippen MR) is 82.2 cm³/mol. The highest BCUT2D eigenvalue weighted by Crippen LogP contribution is 2.41. The van der Waals surface area contributed by atoms with E-state index in [2.05, 4.69) is 11.4 Å². The Balaban J connectivity index is 2.03. The van der Waals surface area contributed by atoms with Crippen molar-refractivity contribution in [2.45, 2.75) is 25.3 Å². The van der Waals surface area contributed by atoms with Gasteiger partial charge in [-0.25, -0.2) is 4.39 Å². The fourth-order valence-electron chi connectivity index (χ4n) is 3.19. The third-order valence-corrected chi connectivity index (χ3v) is 4.20. The van der Waals surface area contributed by atoms with Gasteiger partial charge in [-0.15, -0.1) is 0 Å². The van der Waals surface area contributed by atoms with Crippen LogP contribution in [-0.2, 0) is 0 Å². The standard InChI is InChI=1S/C18H20FNO/c1-12-7-8-16(19)15(11-12)18(20-2)14-9-10-21-17-6-4-3-5-13(14)17/h3-8,11,14,18,20H,9-10H2,1-2H3. The van der Waals surface area contributed by atoms with Crippen molar-refractivity contribution in [1.82, 2.24) is 5.32 Å². The van der Waals surface area contributed by atoms with Crippen LogP contribution >= 0.6 is 0 Å². The summed E-state index contributed by atoms with van der Waals surface area (Å²) in [6, 6.07) is 13.3. The van der Waals surface area contributed by atoms with Gasteiger partial charge in [0.2, 0.25) is 0 Å². The SMILES string of the molecule is CNC(c1cc(C)ccc1F)C1CCOc2ccccc21. The number of ether oxygens (including phenoxy) is 1. The third-order valence-electron chi connectivity index (χ3n) is 4.20. The summed E-state index contributed by atoms with van der Waals surface area (Å²) in [6.07, 6.45) is 0.885. The van der Waals surface area contributed by atoms with E-state index in [-0.39, 0.29) is 17.8 Å². The summed E-state index contributed by atoms with van der Waals surface area (Å²) in [5.41, 5.74) is 2.97. The van der Waals surface area contributed by atoms with Gasteiger partial charge < -0.3 is 10.1 Å². The van der Waals surface area contributed by atoms with Crippen LogP contribution in [-0.4, -0.2) is 13.7 Å². The van der Waals surface area contributed by atoms with Crippen molar-refractivity contribution in [1.29, 1.82) is 0 Å². The fraction of sp³-hybridized carbons (Fsp3) is 0.333. The average Bonchev–Trinajstić information content (AvgIpc) is 2.51. The van der Waals surface area contributed by atoms with Crippen LogP contribution in [0.25, 0.3) is 0 Å². The molecule has 0 spiro atoms. The maximum atomic E-state index is 14.3. The van der Waals surface area contributed by atoms with Crippen LogP contribution in [0.2, 0.25) is 0 Å². The van der Waals surface area contributed by atoms with Gasteiger partial charge >= 0.3 is 0 Å². The molecule has 0 amide bonds. The molecule has 0 aromatic heterocycles. The smallest absolute Gasteiger partial charge is 0.128 e. The van der Waals surface area contributed by atoms with Crippen molar-refractivity contribution in [3.63, 3.8) is 0 Å². The number of hydrogen-bond acceptors (Lipinski definition) is 2. The molecule has 0 fully saturated rings. The molecule has 2 atom stereocenters. The van der Waals surface area contributed by atoms with E-state index in [1.807, 2.05) is 44.3 Å². The van der Waals surface area contributed by atoms with Crippen molar-refractivity contribution >= 4 is 0 Å². The Labute approximate surface area is 125 Å². The first-order valence-corrected chi connectivity index (χ1v) is 7.35. The molecule has 3 heteroatoms. The monoisotopic (exact) mass is 285 g/mol. The lowest BCUT2D eigenvalue weighted by Gasteiger charge is -2.32. The maximum Gasteiger partial charge on any atom is 0.128 e. The van der Waals surface area contributed by atoms with Gasteiger partial charge in [-0.3, -0.25) is 0 Å². The van der Waals surface area contributed by atoms with Gasteiger partial charge in [0.1, 0.15) is 11.6 Å². The Kier molecular flexibility index (Phi) is 3.93. The molecule has 110 valence electrons. The van der Waals surface area contributed by atoms with Gasteiger partial charge in [0.05, 0.1) is 6.61 Å². The molecule has 0 radical (unpaired) electrons. The molecule has 1 aliphatic heterocycles. The Morgan fingerprint density at radius 3 is 2.86 bits per heavy atom. The number of nitrogens with one attached hydrogen (secondary N) is 1. The van der Waals surface area contributed by atoms with Crippen LogP contribution in [0.3, 0.4) is 0 Å². The van der Waals surface area contributed by atoms with E-state index in [4.69, 9.17) is 4.74 Å². The van der Waals surface area contributed by atoms with E-state index in [1.165, 1.54) is 0 Å². The molecule has 2 aromatic rings. The molecule has 0 aliphatic carbocycles. The number of para-hydroxylation sites is 1. The number of fused-ring (bicyclic) bond motifs is 1. The molecule has 1 N–H and O–H groups in total. The largest absolute Gasteiger partial charge is 0.493 e. The van der Waals surface area contributed by atoms with E-state index in [0.717, 1.165) is 28.9 Å². The second-order valence-corrected chi connectivity index (χ2v) is 5.57. The summed E-state index contributed by atoms with van der Waals surface area (Å²) in [5.74, 6) is 0.988. The van der Waals surface area contributed by atoms with Gasteiger partial charge in [0.15, 0.2) is 0 Å². The Morgan fingerprint density at radius 1 is 1.24 bits per heavy atom. The maximum absolute atomic E-state index is 14.3. The second-order valence-electron chi connectivity index (χ2n) is 5.57. The summed E-state index contributed by atoms with van der Waals surface area (Å²) < 4.78 is 20.0. The Bertz CT molecular complexity index is 641. The number of likely N-dealkylation sites (N-methyl/N-ethyl adjacent to an activating group) is 1. The third kappa shape index (κ3) is 2.66. The number of hydrogen-bond donors (Lipinski definition) is 1. The lowest BCUT2D eigenvalue weighted by Crippen LogP contribution is -2.28. The van der Waals surface area contributed by atoms with Crippen LogP contribution in [0.1, 0.15) is 35.1 Å². The molecule has 2 aromatic carbocycles. The Hall–Kier alpha value is -1.87. The summed E-state index contributed by atoms with van der Waals surface area (Å²) in [4.78, 5) is 0. The highest BCUT2D eigenvalue weighted by molar-refractivity contribution is 5.41. The van der Waals surface area contributed by atoms with Crippen molar-refractivity contribution in [3.8, 4) is 5.75 Å². The van der Waals surface area contributed by atoms with Gasteiger partial charge in [-0.05, 0) is 38.1 Å². The minimum absolute atomic E-state index is 0.0463. The minimum atomic E-state index is -0.149. The average molecular weight is 285 g/mol.